The molecule has 8 heteroatoms. The van der Waals surface area contributed by atoms with E-state index in [1.165, 1.54) is 30.3 Å². The van der Waals surface area contributed by atoms with Crippen molar-refractivity contribution in [3.63, 3.8) is 0 Å². The highest BCUT2D eigenvalue weighted by atomic mass is 32.2. The summed E-state index contributed by atoms with van der Waals surface area (Å²) in [6.07, 6.45) is 0. The van der Waals surface area contributed by atoms with Gasteiger partial charge in [-0.2, -0.15) is 21.6 Å². The van der Waals surface area contributed by atoms with Gasteiger partial charge in [0.05, 0.1) is 0 Å². The van der Waals surface area contributed by atoms with Gasteiger partial charge in [-0.25, -0.2) is 4.39 Å². The number of alkyl halides is 3. The first-order valence-electron chi connectivity index (χ1n) is 9.03. The maximum Gasteiger partial charge on any atom is 0.534 e. The van der Waals surface area contributed by atoms with E-state index < -0.39 is 21.4 Å². The van der Waals surface area contributed by atoms with E-state index in [9.17, 15) is 26.0 Å². The molecule has 0 heterocycles. The molecule has 0 atom stereocenters. The van der Waals surface area contributed by atoms with Crippen molar-refractivity contribution < 1.29 is 30.2 Å². The van der Waals surface area contributed by atoms with Crippen LogP contribution < -0.4 is 4.18 Å². The normalized spacial score (nSPS) is 12.1. The molecule has 0 unspecified atom stereocenters. The Labute approximate surface area is 175 Å². The van der Waals surface area contributed by atoms with Crippen LogP contribution in [0.2, 0.25) is 0 Å². The van der Waals surface area contributed by atoms with Gasteiger partial charge in [-0.1, -0.05) is 54.6 Å². The molecular formula is C23H14F4O3S. The van der Waals surface area contributed by atoms with Crippen molar-refractivity contribution in [1.82, 2.24) is 0 Å². The maximum absolute atomic E-state index is 13.1. The van der Waals surface area contributed by atoms with Gasteiger partial charge < -0.3 is 4.18 Å². The zero-order valence-electron chi connectivity index (χ0n) is 15.7. The van der Waals surface area contributed by atoms with Crippen molar-refractivity contribution in [3.05, 3.63) is 90.7 Å². The molecule has 0 aromatic heterocycles. The zero-order chi connectivity index (χ0) is 22.2. The number of rotatable bonds is 4. The Morgan fingerprint density at radius 1 is 0.613 bits per heavy atom. The van der Waals surface area contributed by atoms with E-state index in [-0.39, 0.29) is 5.82 Å². The average Bonchev–Trinajstić information content (AvgIpc) is 2.73. The first kappa shape index (κ1) is 20.9. The summed E-state index contributed by atoms with van der Waals surface area (Å²) in [5, 5.41) is 1.23. The predicted octanol–water partition coefficient (Wildman–Crippen LogP) is 6.54. The predicted molar refractivity (Wildman–Crippen MR) is 110 cm³/mol. The third-order valence-electron chi connectivity index (χ3n) is 4.70. The Kier molecular flexibility index (Phi) is 5.18. The lowest BCUT2D eigenvalue weighted by molar-refractivity contribution is -0.0500. The standard InChI is InChI=1S/C23H14F4O3S/c24-21-10-7-16(8-11-21)15-1-3-17(4-2-15)18-5-6-20-14-22(12-9-19(20)13-18)30-31(28,29)23(25,26)27/h1-14H. The Hall–Kier alpha value is -3.39. The lowest BCUT2D eigenvalue weighted by Gasteiger charge is -2.10. The summed E-state index contributed by atoms with van der Waals surface area (Å²) in [6, 6.07) is 23.0. The molecule has 158 valence electrons. The van der Waals surface area contributed by atoms with Crippen LogP contribution in [0.1, 0.15) is 0 Å². The lowest BCUT2D eigenvalue weighted by Crippen LogP contribution is -2.28. The number of halogens is 4. The van der Waals surface area contributed by atoms with E-state index in [0.29, 0.717) is 10.8 Å². The third-order valence-corrected chi connectivity index (χ3v) is 5.68. The largest absolute Gasteiger partial charge is 0.534 e. The van der Waals surface area contributed by atoms with Gasteiger partial charge in [-0.15, -0.1) is 0 Å². The van der Waals surface area contributed by atoms with Crippen LogP contribution in [-0.4, -0.2) is 13.9 Å². The Bertz CT molecular complexity index is 1340. The molecule has 4 rings (SSSR count). The summed E-state index contributed by atoms with van der Waals surface area (Å²) in [5.74, 6) is -0.720. The first-order valence-corrected chi connectivity index (χ1v) is 10.4. The van der Waals surface area contributed by atoms with Gasteiger partial charge in [-0.05, 0) is 63.4 Å². The van der Waals surface area contributed by atoms with Crippen LogP contribution in [0.3, 0.4) is 0 Å². The second-order valence-electron chi connectivity index (χ2n) is 6.79. The second kappa shape index (κ2) is 7.70. The third kappa shape index (κ3) is 4.39. The molecule has 31 heavy (non-hydrogen) atoms. The number of benzene rings is 4. The van der Waals surface area contributed by atoms with Gasteiger partial charge >= 0.3 is 15.6 Å². The van der Waals surface area contributed by atoms with Crippen molar-refractivity contribution in [2.45, 2.75) is 5.51 Å². The molecule has 4 aromatic rings. The minimum absolute atomic E-state index is 0.305. The molecule has 0 radical (unpaired) electrons. The molecule has 0 bridgehead atoms. The summed E-state index contributed by atoms with van der Waals surface area (Å²) in [7, 11) is -5.72. The van der Waals surface area contributed by atoms with E-state index in [1.807, 2.05) is 30.3 Å². The highest BCUT2D eigenvalue weighted by molar-refractivity contribution is 7.88. The average molecular weight is 446 g/mol. The molecule has 0 spiro atoms. The zero-order valence-corrected chi connectivity index (χ0v) is 16.5. The fraction of sp³-hybridized carbons (Fsp3) is 0.0435. The topological polar surface area (TPSA) is 43.4 Å². The molecule has 0 saturated heterocycles. The molecule has 0 saturated carbocycles. The van der Waals surface area contributed by atoms with Crippen LogP contribution in [0.15, 0.2) is 84.9 Å². The van der Waals surface area contributed by atoms with Crippen molar-refractivity contribution >= 4 is 20.9 Å². The van der Waals surface area contributed by atoms with Crippen molar-refractivity contribution in [2.75, 3.05) is 0 Å². The van der Waals surface area contributed by atoms with Crippen molar-refractivity contribution in [2.24, 2.45) is 0 Å². The summed E-state index contributed by atoms with van der Waals surface area (Å²) >= 11 is 0. The van der Waals surface area contributed by atoms with Crippen LogP contribution in [0, 0.1) is 5.82 Å². The molecule has 0 aliphatic heterocycles. The van der Waals surface area contributed by atoms with E-state index in [1.54, 1.807) is 24.3 Å². The van der Waals surface area contributed by atoms with Crippen LogP contribution in [0.4, 0.5) is 17.6 Å². The summed E-state index contributed by atoms with van der Waals surface area (Å²) in [5.41, 5.74) is -1.90. The fourth-order valence-electron chi connectivity index (χ4n) is 3.13. The Balaban J connectivity index is 1.60. The minimum Gasteiger partial charge on any atom is -0.376 e. The highest BCUT2D eigenvalue weighted by Crippen LogP contribution is 2.31. The minimum atomic E-state index is -5.72. The Morgan fingerprint density at radius 3 is 1.65 bits per heavy atom. The number of fused-ring (bicyclic) bond motifs is 1. The van der Waals surface area contributed by atoms with Gasteiger partial charge in [0.15, 0.2) is 0 Å². The van der Waals surface area contributed by atoms with Crippen molar-refractivity contribution in [1.29, 1.82) is 0 Å². The van der Waals surface area contributed by atoms with Gasteiger partial charge in [0.1, 0.15) is 11.6 Å². The molecule has 0 N–H and O–H groups in total. The summed E-state index contributed by atoms with van der Waals surface area (Å²) in [4.78, 5) is 0. The van der Waals surface area contributed by atoms with E-state index >= 15 is 0 Å². The van der Waals surface area contributed by atoms with Gasteiger partial charge in [0.25, 0.3) is 0 Å². The molecule has 0 aliphatic carbocycles. The van der Waals surface area contributed by atoms with Gasteiger partial charge in [-0.3, -0.25) is 0 Å². The van der Waals surface area contributed by atoms with E-state index in [4.69, 9.17) is 0 Å². The monoisotopic (exact) mass is 446 g/mol. The smallest absolute Gasteiger partial charge is 0.376 e. The number of hydrogen-bond donors (Lipinski definition) is 0. The fourth-order valence-corrected chi connectivity index (χ4v) is 3.58. The molecule has 0 aliphatic rings. The molecule has 3 nitrogen and oxygen atoms in total. The lowest BCUT2D eigenvalue weighted by atomic mass is 9.98. The Morgan fingerprint density at radius 2 is 1.06 bits per heavy atom. The van der Waals surface area contributed by atoms with E-state index in [0.717, 1.165) is 22.3 Å². The summed E-state index contributed by atoms with van der Waals surface area (Å²) < 4.78 is 77.1. The van der Waals surface area contributed by atoms with Crippen LogP contribution >= 0.6 is 0 Å². The molecule has 4 aromatic carbocycles. The van der Waals surface area contributed by atoms with Crippen LogP contribution in [0.25, 0.3) is 33.0 Å². The van der Waals surface area contributed by atoms with E-state index in [2.05, 4.69) is 4.18 Å². The maximum atomic E-state index is 13.1. The molecule has 0 amide bonds. The van der Waals surface area contributed by atoms with Crippen LogP contribution in [0.5, 0.6) is 5.75 Å². The van der Waals surface area contributed by atoms with Gasteiger partial charge in [0, 0.05) is 0 Å². The summed E-state index contributed by atoms with van der Waals surface area (Å²) in [6.45, 7) is 0. The first-order chi connectivity index (χ1) is 14.6. The SMILES string of the molecule is O=S(=O)(Oc1ccc2cc(-c3ccc(-c4ccc(F)cc4)cc3)ccc2c1)C(F)(F)F. The molecule has 0 fully saturated rings. The highest BCUT2D eigenvalue weighted by Gasteiger charge is 2.48. The quantitative estimate of drug-likeness (QED) is 0.203. The second-order valence-corrected chi connectivity index (χ2v) is 8.33. The molecular weight excluding hydrogens is 432 g/mol. The number of hydrogen-bond acceptors (Lipinski definition) is 3. The van der Waals surface area contributed by atoms with Gasteiger partial charge in [0.2, 0.25) is 0 Å². The van der Waals surface area contributed by atoms with Crippen molar-refractivity contribution in [3.8, 4) is 28.0 Å². The van der Waals surface area contributed by atoms with Crippen LogP contribution in [-0.2, 0) is 10.1 Å².